The molecule has 0 unspecified atom stereocenters. The monoisotopic (exact) mass is 401 g/mol. The van der Waals surface area contributed by atoms with Crippen LogP contribution in [0.4, 0.5) is 13.2 Å². The molecule has 0 amide bonds. The summed E-state index contributed by atoms with van der Waals surface area (Å²) in [5.74, 6) is 1.41. The maximum Gasteiger partial charge on any atom is 0.416 e. The second kappa shape index (κ2) is 8.85. The molecule has 0 saturated carbocycles. The molecule has 148 valence electrons. The molecule has 3 nitrogen and oxygen atoms in total. The number of rotatable bonds is 5. The summed E-state index contributed by atoms with van der Waals surface area (Å²) in [6, 6.07) is 9.55. The molecule has 0 radical (unpaired) electrons. The molecule has 0 fully saturated rings. The average Bonchev–Trinajstić information content (AvgIpc) is 2.64. The Hall–Kier alpha value is -1.92. The normalized spacial score (nSPS) is 16.3. The summed E-state index contributed by atoms with van der Waals surface area (Å²) >= 11 is 0. The highest BCUT2D eigenvalue weighted by Gasteiger charge is 2.30. The fourth-order valence-corrected chi connectivity index (χ4v) is 3.40. The summed E-state index contributed by atoms with van der Waals surface area (Å²) in [6.07, 6.45) is -1.89. The van der Waals surface area contributed by atoms with Crippen LogP contribution in [-0.2, 0) is 19.0 Å². The Morgan fingerprint density at radius 2 is 1.67 bits per heavy atom. The SMILES string of the molecule is COc1cc2c(cc1OC)[C@H](CCc1ccc(C(F)(F)F)cc1)NCC2.Cl. The number of hydrogen-bond acceptors (Lipinski definition) is 3. The third kappa shape index (κ3) is 4.87. The van der Waals surface area contributed by atoms with Gasteiger partial charge < -0.3 is 14.8 Å². The smallest absolute Gasteiger partial charge is 0.416 e. The van der Waals surface area contributed by atoms with E-state index in [4.69, 9.17) is 9.47 Å². The largest absolute Gasteiger partial charge is 0.493 e. The Kier molecular flexibility index (Phi) is 7.00. The number of halogens is 4. The van der Waals surface area contributed by atoms with Gasteiger partial charge in [-0.05, 0) is 66.8 Å². The highest BCUT2D eigenvalue weighted by molar-refractivity contribution is 5.85. The Labute approximate surface area is 163 Å². The van der Waals surface area contributed by atoms with Crippen LogP contribution in [0.3, 0.4) is 0 Å². The molecule has 27 heavy (non-hydrogen) atoms. The van der Waals surface area contributed by atoms with Gasteiger partial charge in [-0.1, -0.05) is 12.1 Å². The van der Waals surface area contributed by atoms with Gasteiger partial charge in [0.15, 0.2) is 11.5 Å². The molecular weight excluding hydrogens is 379 g/mol. The predicted molar refractivity (Wildman–Crippen MR) is 101 cm³/mol. The quantitative estimate of drug-likeness (QED) is 0.767. The van der Waals surface area contributed by atoms with Crippen LogP contribution in [0.1, 0.15) is 34.7 Å². The van der Waals surface area contributed by atoms with Gasteiger partial charge in [0.1, 0.15) is 0 Å². The lowest BCUT2D eigenvalue weighted by molar-refractivity contribution is -0.137. The zero-order chi connectivity index (χ0) is 18.7. The second-order valence-electron chi connectivity index (χ2n) is 6.40. The molecule has 1 atom stereocenters. The molecule has 3 rings (SSSR count). The number of benzene rings is 2. The van der Waals surface area contributed by atoms with E-state index in [1.807, 2.05) is 12.1 Å². The van der Waals surface area contributed by atoms with Crippen LogP contribution in [-0.4, -0.2) is 20.8 Å². The fraction of sp³-hybridized carbons (Fsp3) is 0.400. The van der Waals surface area contributed by atoms with E-state index in [-0.39, 0.29) is 18.4 Å². The topological polar surface area (TPSA) is 30.5 Å². The first kappa shape index (κ1) is 21.4. The molecule has 0 saturated heterocycles. The summed E-state index contributed by atoms with van der Waals surface area (Å²) in [5.41, 5.74) is 2.67. The lowest BCUT2D eigenvalue weighted by Crippen LogP contribution is -2.30. The van der Waals surface area contributed by atoms with Crippen LogP contribution in [0.2, 0.25) is 0 Å². The number of nitrogens with one attached hydrogen (secondary N) is 1. The van der Waals surface area contributed by atoms with Gasteiger partial charge in [0, 0.05) is 6.04 Å². The van der Waals surface area contributed by atoms with Gasteiger partial charge in [-0.25, -0.2) is 0 Å². The van der Waals surface area contributed by atoms with Crippen LogP contribution in [0.15, 0.2) is 36.4 Å². The Balaban J connectivity index is 0.00000261. The molecule has 0 spiro atoms. The van der Waals surface area contributed by atoms with E-state index in [1.165, 1.54) is 11.1 Å². The van der Waals surface area contributed by atoms with E-state index < -0.39 is 11.7 Å². The van der Waals surface area contributed by atoms with Crippen LogP contribution in [0.5, 0.6) is 11.5 Å². The first-order chi connectivity index (χ1) is 12.4. The highest BCUT2D eigenvalue weighted by Crippen LogP contribution is 2.36. The summed E-state index contributed by atoms with van der Waals surface area (Å²) in [5, 5.41) is 3.49. The fourth-order valence-electron chi connectivity index (χ4n) is 3.40. The predicted octanol–water partition coefficient (Wildman–Crippen LogP) is 4.96. The summed E-state index contributed by atoms with van der Waals surface area (Å²) in [6.45, 7) is 0.861. The molecular formula is C20H23ClF3NO2. The van der Waals surface area contributed by atoms with Crippen molar-refractivity contribution >= 4 is 12.4 Å². The van der Waals surface area contributed by atoms with Crippen LogP contribution < -0.4 is 14.8 Å². The van der Waals surface area contributed by atoms with Crippen molar-refractivity contribution in [2.24, 2.45) is 0 Å². The molecule has 0 bridgehead atoms. The van der Waals surface area contributed by atoms with Crippen molar-refractivity contribution in [3.8, 4) is 11.5 Å². The minimum atomic E-state index is -4.29. The molecule has 7 heteroatoms. The van der Waals surface area contributed by atoms with Gasteiger partial charge in [0.05, 0.1) is 19.8 Å². The lowest BCUT2D eigenvalue weighted by Gasteiger charge is -2.28. The van der Waals surface area contributed by atoms with Gasteiger partial charge in [-0.2, -0.15) is 13.2 Å². The molecule has 0 aliphatic carbocycles. The summed E-state index contributed by atoms with van der Waals surface area (Å²) < 4.78 is 48.8. The molecule has 1 aliphatic rings. The Bertz CT molecular complexity index is 763. The molecule has 2 aromatic carbocycles. The zero-order valence-corrected chi connectivity index (χ0v) is 16.0. The van der Waals surface area contributed by atoms with E-state index in [0.29, 0.717) is 12.2 Å². The third-order valence-electron chi connectivity index (χ3n) is 4.81. The van der Waals surface area contributed by atoms with Crippen LogP contribution in [0.25, 0.3) is 0 Å². The van der Waals surface area contributed by atoms with Gasteiger partial charge in [-0.3, -0.25) is 0 Å². The maximum absolute atomic E-state index is 12.7. The summed E-state index contributed by atoms with van der Waals surface area (Å²) in [7, 11) is 3.23. The Morgan fingerprint density at radius 1 is 1.04 bits per heavy atom. The van der Waals surface area contributed by atoms with Crippen molar-refractivity contribution in [1.82, 2.24) is 5.32 Å². The molecule has 1 heterocycles. The third-order valence-corrected chi connectivity index (χ3v) is 4.81. The van der Waals surface area contributed by atoms with E-state index in [1.54, 1.807) is 26.4 Å². The van der Waals surface area contributed by atoms with Crippen LogP contribution >= 0.6 is 12.4 Å². The number of alkyl halides is 3. The number of aryl methyl sites for hydroxylation is 1. The van der Waals surface area contributed by atoms with Crippen LogP contribution in [0, 0.1) is 0 Å². The van der Waals surface area contributed by atoms with E-state index in [2.05, 4.69) is 5.32 Å². The Morgan fingerprint density at radius 3 is 2.26 bits per heavy atom. The summed E-state index contributed by atoms with van der Waals surface area (Å²) in [4.78, 5) is 0. The van der Waals surface area contributed by atoms with Crippen molar-refractivity contribution in [2.75, 3.05) is 20.8 Å². The van der Waals surface area contributed by atoms with Gasteiger partial charge in [-0.15, -0.1) is 12.4 Å². The number of fused-ring (bicyclic) bond motifs is 1. The minimum absolute atomic E-state index is 0. The molecule has 1 N–H and O–H groups in total. The minimum Gasteiger partial charge on any atom is -0.493 e. The van der Waals surface area contributed by atoms with E-state index in [9.17, 15) is 13.2 Å². The standard InChI is InChI=1S/C20H22F3NO2.ClH/c1-25-18-11-14-9-10-24-17(16(14)12-19(18)26-2)8-5-13-3-6-15(7-4-13)20(21,22)23;/h3-4,6-7,11-12,17,24H,5,8-10H2,1-2H3;1H/t17-;/m0./s1. The lowest BCUT2D eigenvalue weighted by atomic mass is 9.90. The zero-order valence-electron chi connectivity index (χ0n) is 15.2. The van der Waals surface area contributed by atoms with E-state index in [0.717, 1.165) is 42.8 Å². The van der Waals surface area contributed by atoms with E-state index >= 15 is 0 Å². The number of hydrogen-bond donors (Lipinski definition) is 1. The number of methoxy groups -OCH3 is 2. The van der Waals surface area contributed by atoms with Crippen molar-refractivity contribution in [3.63, 3.8) is 0 Å². The molecule has 0 aromatic heterocycles. The highest BCUT2D eigenvalue weighted by atomic mass is 35.5. The van der Waals surface area contributed by atoms with Crippen molar-refractivity contribution in [3.05, 3.63) is 58.7 Å². The first-order valence-electron chi connectivity index (χ1n) is 8.56. The first-order valence-corrected chi connectivity index (χ1v) is 8.56. The van der Waals surface area contributed by atoms with Crippen molar-refractivity contribution < 1.29 is 22.6 Å². The van der Waals surface area contributed by atoms with Gasteiger partial charge >= 0.3 is 6.18 Å². The molecule has 1 aliphatic heterocycles. The second-order valence-corrected chi connectivity index (χ2v) is 6.40. The van der Waals surface area contributed by atoms with Gasteiger partial charge in [0.2, 0.25) is 0 Å². The maximum atomic E-state index is 12.7. The van der Waals surface area contributed by atoms with Crippen molar-refractivity contribution in [2.45, 2.75) is 31.5 Å². The average molecular weight is 402 g/mol. The number of ether oxygens (including phenoxy) is 2. The van der Waals surface area contributed by atoms with Gasteiger partial charge in [0.25, 0.3) is 0 Å². The molecule has 2 aromatic rings. The van der Waals surface area contributed by atoms with Crippen molar-refractivity contribution in [1.29, 1.82) is 0 Å².